The molecule has 3 heterocycles. The highest BCUT2D eigenvalue weighted by Gasteiger charge is 2.16. The number of hydrogen-bond donors (Lipinski definition) is 2. The highest BCUT2D eigenvalue weighted by Crippen LogP contribution is 2.32. The number of pyridine rings is 1. The first kappa shape index (κ1) is 21.1. The van der Waals surface area contributed by atoms with Gasteiger partial charge in [0.25, 0.3) is 5.91 Å². The zero-order valence-electron chi connectivity index (χ0n) is 17.8. The number of nitrogens with one attached hydrogen (secondary N) is 2. The number of aromatic nitrogens is 5. The van der Waals surface area contributed by atoms with Crippen LogP contribution in [0.1, 0.15) is 10.4 Å². The SMILES string of the molecule is O=C(Cn1nnc(-c2ccccc2NC(=O)c2cccnc2)n1)Nc1ccc2c(c1)OCCO2. The second-order valence-corrected chi connectivity index (χ2v) is 7.29. The number of amides is 2. The molecule has 34 heavy (non-hydrogen) atoms. The minimum atomic E-state index is -0.334. The van der Waals surface area contributed by atoms with E-state index in [0.29, 0.717) is 47.2 Å². The van der Waals surface area contributed by atoms with Crippen LogP contribution in [0.25, 0.3) is 11.4 Å². The van der Waals surface area contributed by atoms with E-state index in [-0.39, 0.29) is 24.2 Å². The van der Waals surface area contributed by atoms with Gasteiger partial charge in [0.2, 0.25) is 11.7 Å². The predicted octanol–water partition coefficient (Wildman–Crippen LogP) is 2.40. The molecule has 0 fully saturated rings. The van der Waals surface area contributed by atoms with Crippen molar-refractivity contribution in [2.45, 2.75) is 6.54 Å². The van der Waals surface area contributed by atoms with Crippen LogP contribution in [0.15, 0.2) is 67.0 Å². The fourth-order valence-corrected chi connectivity index (χ4v) is 3.35. The normalized spacial score (nSPS) is 12.1. The van der Waals surface area contributed by atoms with Gasteiger partial charge in [0.15, 0.2) is 11.5 Å². The summed E-state index contributed by atoms with van der Waals surface area (Å²) in [7, 11) is 0. The molecule has 0 radical (unpaired) electrons. The summed E-state index contributed by atoms with van der Waals surface area (Å²) in [5, 5.41) is 17.9. The second kappa shape index (κ2) is 9.36. The number of nitrogens with zero attached hydrogens (tertiary/aromatic N) is 5. The molecular weight excluding hydrogens is 438 g/mol. The van der Waals surface area contributed by atoms with Gasteiger partial charge in [0.1, 0.15) is 19.8 Å². The van der Waals surface area contributed by atoms with Gasteiger partial charge in [-0.25, -0.2) is 0 Å². The lowest BCUT2D eigenvalue weighted by Gasteiger charge is -2.18. The van der Waals surface area contributed by atoms with Gasteiger partial charge in [-0.05, 0) is 41.6 Å². The van der Waals surface area contributed by atoms with Gasteiger partial charge < -0.3 is 20.1 Å². The fraction of sp³-hybridized carbons (Fsp3) is 0.130. The van der Waals surface area contributed by atoms with E-state index >= 15 is 0 Å². The number of carbonyl (C=O) groups excluding carboxylic acids is 2. The van der Waals surface area contributed by atoms with E-state index in [2.05, 4.69) is 31.0 Å². The average Bonchev–Trinajstić information content (AvgIpc) is 3.33. The number of tetrazole rings is 1. The van der Waals surface area contributed by atoms with Crippen LogP contribution < -0.4 is 20.1 Å². The summed E-state index contributed by atoms with van der Waals surface area (Å²) in [5.41, 5.74) is 2.07. The zero-order chi connectivity index (χ0) is 23.3. The van der Waals surface area contributed by atoms with Crippen LogP contribution in [0, 0.1) is 0 Å². The van der Waals surface area contributed by atoms with Crippen molar-refractivity contribution in [3.05, 3.63) is 72.6 Å². The van der Waals surface area contributed by atoms with E-state index in [9.17, 15) is 9.59 Å². The Morgan fingerprint density at radius 3 is 2.68 bits per heavy atom. The molecule has 2 aromatic heterocycles. The van der Waals surface area contributed by atoms with Gasteiger partial charge in [0, 0.05) is 29.7 Å². The first-order chi connectivity index (χ1) is 16.7. The lowest BCUT2D eigenvalue weighted by molar-refractivity contribution is -0.117. The lowest BCUT2D eigenvalue weighted by Crippen LogP contribution is -2.21. The molecule has 0 spiro atoms. The molecule has 2 amide bonds. The van der Waals surface area contributed by atoms with Crippen LogP contribution in [-0.4, -0.2) is 50.2 Å². The maximum atomic E-state index is 12.5. The van der Waals surface area contributed by atoms with Crippen molar-refractivity contribution in [2.75, 3.05) is 23.8 Å². The Kier molecular flexibility index (Phi) is 5.80. The van der Waals surface area contributed by atoms with Gasteiger partial charge in [-0.2, -0.15) is 4.80 Å². The van der Waals surface area contributed by atoms with Crippen molar-refractivity contribution < 1.29 is 19.1 Å². The van der Waals surface area contributed by atoms with E-state index in [1.165, 1.54) is 11.0 Å². The Hall–Kier alpha value is -4.80. The highest BCUT2D eigenvalue weighted by molar-refractivity contribution is 6.05. The number of hydrogen-bond acceptors (Lipinski definition) is 8. The number of ether oxygens (including phenoxy) is 2. The molecule has 2 aromatic carbocycles. The minimum absolute atomic E-state index is 0.147. The van der Waals surface area contributed by atoms with E-state index < -0.39 is 0 Å². The van der Waals surface area contributed by atoms with E-state index in [1.54, 1.807) is 60.8 Å². The highest BCUT2D eigenvalue weighted by atomic mass is 16.6. The van der Waals surface area contributed by atoms with Crippen molar-refractivity contribution in [2.24, 2.45) is 0 Å². The molecule has 0 saturated heterocycles. The average molecular weight is 457 g/mol. The monoisotopic (exact) mass is 457 g/mol. The molecule has 0 bridgehead atoms. The van der Waals surface area contributed by atoms with E-state index in [0.717, 1.165) is 0 Å². The number of anilines is 2. The molecule has 170 valence electrons. The first-order valence-corrected chi connectivity index (χ1v) is 10.4. The van der Waals surface area contributed by atoms with Crippen molar-refractivity contribution in [1.29, 1.82) is 0 Å². The predicted molar refractivity (Wildman–Crippen MR) is 122 cm³/mol. The molecule has 1 aliphatic heterocycles. The Labute approximate surface area is 193 Å². The number of carbonyl (C=O) groups is 2. The third-order valence-corrected chi connectivity index (χ3v) is 4.90. The third kappa shape index (κ3) is 4.67. The Morgan fingerprint density at radius 1 is 0.971 bits per heavy atom. The van der Waals surface area contributed by atoms with E-state index in [1.807, 2.05) is 0 Å². The van der Waals surface area contributed by atoms with Crippen LogP contribution in [-0.2, 0) is 11.3 Å². The minimum Gasteiger partial charge on any atom is -0.486 e. The molecule has 0 atom stereocenters. The summed E-state index contributed by atoms with van der Waals surface area (Å²) in [5.74, 6) is 0.844. The number of fused-ring (bicyclic) bond motifs is 1. The number of para-hydroxylation sites is 1. The summed E-state index contributed by atoms with van der Waals surface area (Å²) in [6, 6.07) is 15.6. The van der Waals surface area contributed by atoms with Gasteiger partial charge in [-0.15, -0.1) is 10.2 Å². The van der Waals surface area contributed by atoms with Crippen LogP contribution in [0.3, 0.4) is 0 Å². The maximum Gasteiger partial charge on any atom is 0.257 e. The number of rotatable bonds is 6. The van der Waals surface area contributed by atoms with Gasteiger partial charge >= 0.3 is 0 Å². The van der Waals surface area contributed by atoms with Gasteiger partial charge in [-0.3, -0.25) is 14.6 Å². The molecule has 1 aliphatic rings. The summed E-state index contributed by atoms with van der Waals surface area (Å²) >= 11 is 0. The van der Waals surface area contributed by atoms with Crippen molar-refractivity contribution >= 4 is 23.2 Å². The molecule has 0 saturated carbocycles. The largest absolute Gasteiger partial charge is 0.486 e. The van der Waals surface area contributed by atoms with Crippen molar-refractivity contribution in [1.82, 2.24) is 25.2 Å². The Bertz CT molecular complexity index is 1340. The Morgan fingerprint density at radius 2 is 1.82 bits per heavy atom. The molecule has 11 heteroatoms. The lowest BCUT2D eigenvalue weighted by atomic mass is 10.1. The van der Waals surface area contributed by atoms with Crippen LogP contribution in [0.5, 0.6) is 11.5 Å². The molecule has 0 aliphatic carbocycles. The molecule has 0 unspecified atom stereocenters. The summed E-state index contributed by atoms with van der Waals surface area (Å²) < 4.78 is 11.0. The van der Waals surface area contributed by atoms with Crippen LogP contribution in [0.2, 0.25) is 0 Å². The summed E-state index contributed by atoms with van der Waals surface area (Å²) in [4.78, 5) is 30.2. The van der Waals surface area contributed by atoms with Gasteiger partial charge in [0.05, 0.1) is 11.3 Å². The third-order valence-electron chi connectivity index (χ3n) is 4.90. The summed E-state index contributed by atoms with van der Waals surface area (Å²) in [6.45, 7) is 0.807. The molecule has 2 N–H and O–H groups in total. The molecule has 4 aromatic rings. The molecular formula is C23H19N7O4. The first-order valence-electron chi connectivity index (χ1n) is 10.4. The quantitative estimate of drug-likeness (QED) is 0.451. The molecule has 11 nitrogen and oxygen atoms in total. The summed E-state index contributed by atoms with van der Waals surface area (Å²) in [6.07, 6.45) is 3.07. The number of benzene rings is 2. The topological polar surface area (TPSA) is 133 Å². The standard InChI is InChI=1S/C23H19N7O4/c31-21(25-16-7-8-19-20(12-16)34-11-10-33-19)14-30-28-22(27-29-30)17-5-1-2-6-18(17)26-23(32)15-4-3-9-24-13-15/h1-9,12-13H,10-11,14H2,(H,25,31)(H,26,32). The second-order valence-electron chi connectivity index (χ2n) is 7.29. The van der Waals surface area contributed by atoms with Crippen molar-refractivity contribution in [3.63, 3.8) is 0 Å². The zero-order valence-corrected chi connectivity index (χ0v) is 17.8. The molecule has 5 rings (SSSR count). The van der Waals surface area contributed by atoms with Gasteiger partial charge in [-0.1, -0.05) is 12.1 Å². The van der Waals surface area contributed by atoms with Crippen molar-refractivity contribution in [3.8, 4) is 22.9 Å². The van der Waals surface area contributed by atoms with Crippen LogP contribution >= 0.6 is 0 Å². The van der Waals surface area contributed by atoms with Crippen LogP contribution in [0.4, 0.5) is 11.4 Å². The smallest absolute Gasteiger partial charge is 0.257 e. The van der Waals surface area contributed by atoms with E-state index in [4.69, 9.17) is 9.47 Å². The fourth-order valence-electron chi connectivity index (χ4n) is 3.35. The Balaban J connectivity index is 1.27. The maximum absolute atomic E-state index is 12.5.